The second-order valence-electron chi connectivity index (χ2n) is 5.27. The van der Waals surface area contributed by atoms with Gasteiger partial charge in [0.15, 0.2) is 0 Å². The first-order valence-electron chi connectivity index (χ1n) is 6.88. The van der Waals surface area contributed by atoms with Crippen LogP contribution >= 0.6 is 0 Å². The topological polar surface area (TPSA) is 24.9 Å². The van der Waals surface area contributed by atoms with Crippen molar-refractivity contribution in [2.75, 3.05) is 0 Å². The van der Waals surface area contributed by atoms with Gasteiger partial charge in [0.2, 0.25) is 0 Å². The summed E-state index contributed by atoms with van der Waals surface area (Å²) in [6.45, 7) is 0.681. The lowest BCUT2D eigenvalue weighted by Gasteiger charge is -2.13. The maximum absolute atomic E-state index is 13.1. The minimum Gasteiger partial charge on any atom is -0.310 e. The number of pyridine rings is 1. The van der Waals surface area contributed by atoms with Gasteiger partial charge in [0.25, 0.3) is 0 Å². The zero-order valence-corrected chi connectivity index (χ0v) is 11.3. The van der Waals surface area contributed by atoms with Crippen molar-refractivity contribution in [2.24, 2.45) is 0 Å². The van der Waals surface area contributed by atoms with Crippen LogP contribution < -0.4 is 5.32 Å². The SMILES string of the molecule is FC(F)(F)c1ccncc1-c1cccc(CNC2CC2)c1. The zero-order valence-electron chi connectivity index (χ0n) is 11.3. The monoisotopic (exact) mass is 292 g/mol. The number of hydrogen-bond acceptors (Lipinski definition) is 2. The van der Waals surface area contributed by atoms with Crippen LogP contribution in [0.3, 0.4) is 0 Å². The molecule has 1 N–H and O–H groups in total. The van der Waals surface area contributed by atoms with E-state index in [4.69, 9.17) is 0 Å². The van der Waals surface area contributed by atoms with E-state index in [1.54, 1.807) is 18.2 Å². The number of rotatable bonds is 4. The van der Waals surface area contributed by atoms with Gasteiger partial charge < -0.3 is 5.32 Å². The average molecular weight is 292 g/mol. The molecule has 0 amide bonds. The van der Waals surface area contributed by atoms with E-state index in [-0.39, 0.29) is 5.56 Å². The Labute approximate surface area is 121 Å². The molecular weight excluding hydrogens is 277 g/mol. The molecule has 0 aliphatic heterocycles. The molecule has 0 spiro atoms. The summed E-state index contributed by atoms with van der Waals surface area (Å²) < 4.78 is 39.2. The molecule has 1 fully saturated rings. The summed E-state index contributed by atoms with van der Waals surface area (Å²) in [5.41, 5.74) is 1.00. The molecule has 2 nitrogen and oxygen atoms in total. The molecule has 0 saturated heterocycles. The van der Waals surface area contributed by atoms with Crippen LogP contribution in [0.15, 0.2) is 42.7 Å². The van der Waals surface area contributed by atoms with Crippen LogP contribution in [0.5, 0.6) is 0 Å². The molecule has 1 aromatic heterocycles. The fraction of sp³-hybridized carbons (Fsp3) is 0.312. The smallest absolute Gasteiger partial charge is 0.310 e. The molecule has 1 aliphatic rings. The van der Waals surface area contributed by atoms with Gasteiger partial charge >= 0.3 is 6.18 Å². The summed E-state index contributed by atoms with van der Waals surface area (Å²) in [6.07, 6.45) is 0.433. The van der Waals surface area contributed by atoms with Crippen molar-refractivity contribution in [3.63, 3.8) is 0 Å². The molecule has 0 radical (unpaired) electrons. The highest BCUT2D eigenvalue weighted by atomic mass is 19.4. The molecule has 0 bridgehead atoms. The van der Waals surface area contributed by atoms with Gasteiger partial charge in [-0.15, -0.1) is 0 Å². The molecule has 1 aliphatic carbocycles. The second kappa shape index (κ2) is 5.48. The van der Waals surface area contributed by atoms with Crippen molar-refractivity contribution in [1.82, 2.24) is 10.3 Å². The van der Waals surface area contributed by atoms with Gasteiger partial charge in [0.05, 0.1) is 5.56 Å². The van der Waals surface area contributed by atoms with E-state index in [1.165, 1.54) is 25.2 Å². The van der Waals surface area contributed by atoms with Crippen molar-refractivity contribution in [3.05, 3.63) is 53.9 Å². The van der Waals surface area contributed by atoms with Crippen LogP contribution in [-0.4, -0.2) is 11.0 Å². The zero-order chi connectivity index (χ0) is 14.9. The summed E-state index contributed by atoms with van der Waals surface area (Å²) in [7, 11) is 0. The minimum atomic E-state index is -4.37. The first-order valence-corrected chi connectivity index (χ1v) is 6.88. The Kier molecular flexibility index (Phi) is 3.68. The molecule has 0 atom stereocenters. The molecule has 2 aromatic rings. The molecule has 1 aromatic carbocycles. The van der Waals surface area contributed by atoms with E-state index < -0.39 is 11.7 Å². The van der Waals surface area contributed by atoms with Crippen LogP contribution in [-0.2, 0) is 12.7 Å². The normalized spacial score (nSPS) is 15.2. The fourth-order valence-electron chi connectivity index (χ4n) is 2.27. The predicted molar refractivity (Wildman–Crippen MR) is 74.5 cm³/mol. The highest BCUT2D eigenvalue weighted by Crippen LogP contribution is 2.36. The van der Waals surface area contributed by atoms with Crippen molar-refractivity contribution < 1.29 is 13.2 Å². The molecule has 5 heteroatoms. The van der Waals surface area contributed by atoms with Crippen LogP contribution in [0.2, 0.25) is 0 Å². The van der Waals surface area contributed by atoms with Gasteiger partial charge in [-0.2, -0.15) is 13.2 Å². The Hall–Kier alpha value is -1.88. The van der Waals surface area contributed by atoms with E-state index in [0.29, 0.717) is 18.2 Å². The minimum absolute atomic E-state index is 0.123. The quantitative estimate of drug-likeness (QED) is 0.920. The molecule has 21 heavy (non-hydrogen) atoms. The van der Waals surface area contributed by atoms with Gasteiger partial charge in [-0.3, -0.25) is 4.98 Å². The molecule has 1 saturated carbocycles. The molecule has 110 valence electrons. The first kappa shape index (κ1) is 14.1. The van der Waals surface area contributed by atoms with Gasteiger partial charge in [-0.1, -0.05) is 18.2 Å². The van der Waals surface area contributed by atoms with E-state index in [0.717, 1.165) is 11.6 Å². The Morgan fingerprint density at radius 1 is 1.19 bits per heavy atom. The van der Waals surface area contributed by atoms with Crippen LogP contribution in [0.4, 0.5) is 13.2 Å². The summed E-state index contributed by atoms with van der Waals surface area (Å²) in [4.78, 5) is 3.83. The third-order valence-electron chi connectivity index (χ3n) is 3.54. The van der Waals surface area contributed by atoms with Gasteiger partial charge in [0.1, 0.15) is 0 Å². The van der Waals surface area contributed by atoms with Crippen LogP contribution in [0.1, 0.15) is 24.0 Å². The number of benzene rings is 1. The number of hydrogen-bond donors (Lipinski definition) is 1. The maximum Gasteiger partial charge on any atom is 0.417 e. The highest BCUT2D eigenvalue weighted by Gasteiger charge is 2.33. The van der Waals surface area contributed by atoms with Crippen LogP contribution in [0, 0.1) is 0 Å². The second-order valence-corrected chi connectivity index (χ2v) is 5.27. The van der Waals surface area contributed by atoms with E-state index in [9.17, 15) is 13.2 Å². The number of nitrogens with zero attached hydrogens (tertiary/aromatic N) is 1. The third kappa shape index (κ3) is 3.42. The first-order chi connectivity index (χ1) is 10.0. The predicted octanol–water partition coefficient (Wildman–Crippen LogP) is 4.02. The Balaban J connectivity index is 1.91. The largest absolute Gasteiger partial charge is 0.417 e. The number of halogens is 3. The Bertz CT molecular complexity index is 633. The molecular formula is C16H15F3N2. The van der Waals surface area contributed by atoms with Gasteiger partial charge in [-0.05, 0) is 36.1 Å². The highest BCUT2D eigenvalue weighted by molar-refractivity contribution is 5.67. The molecule has 3 rings (SSSR count). The lowest BCUT2D eigenvalue weighted by atomic mass is 10.00. The number of nitrogens with one attached hydrogen (secondary N) is 1. The summed E-state index contributed by atoms with van der Waals surface area (Å²) >= 11 is 0. The Morgan fingerprint density at radius 3 is 2.71 bits per heavy atom. The standard InChI is InChI=1S/C16H15F3N2/c17-16(18,19)15-6-7-20-10-14(15)12-3-1-2-11(8-12)9-21-13-4-5-13/h1-3,6-8,10,13,21H,4-5,9H2. The molecule has 1 heterocycles. The fourth-order valence-corrected chi connectivity index (χ4v) is 2.27. The summed E-state index contributed by atoms with van der Waals surface area (Å²) in [6, 6.07) is 8.77. The number of alkyl halides is 3. The van der Waals surface area contributed by atoms with Crippen molar-refractivity contribution >= 4 is 0 Å². The van der Waals surface area contributed by atoms with Crippen molar-refractivity contribution in [1.29, 1.82) is 0 Å². The van der Waals surface area contributed by atoms with Crippen molar-refractivity contribution in [2.45, 2.75) is 31.6 Å². The van der Waals surface area contributed by atoms with E-state index >= 15 is 0 Å². The van der Waals surface area contributed by atoms with E-state index in [2.05, 4.69) is 10.3 Å². The number of aromatic nitrogens is 1. The van der Waals surface area contributed by atoms with Gasteiger partial charge in [0, 0.05) is 30.5 Å². The summed E-state index contributed by atoms with van der Waals surface area (Å²) in [5.74, 6) is 0. The lowest BCUT2D eigenvalue weighted by Crippen LogP contribution is -2.15. The van der Waals surface area contributed by atoms with Gasteiger partial charge in [-0.25, -0.2) is 0 Å². The lowest BCUT2D eigenvalue weighted by molar-refractivity contribution is -0.137. The Morgan fingerprint density at radius 2 is 2.00 bits per heavy atom. The average Bonchev–Trinajstić information content (AvgIpc) is 3.29. The third-order valence-corrected chi connectivity index (χ3v) is 3.54. The molecule has 0 unspecified atom stereocenters. The van der Waals surface area contributed by atoms with Crippen LogP contribution in [0.25, 0.3) is 11.1 Å². The summed E-state index contributed by atoms with van der Waals surface area (Å²) in [5, 5.41) is 3.36. The maximum atomic E-state index is 13.1. The van der Waals surface area contributed by atoms with E-state index in [1.807, 2.05) is 6.07 Å². The van der Waals surface area contributed by atoms with Crippen molar-refractivity contribution in [3.8, 4) is 11.1 Å².